The van der Waals surface area contributed by atoms with Gasteiger partial charge in [-0.3, -0.25) is 9.59 Å². The molecular formula is C15H13N3O3. The highest BCUT2D eigenvalue weighted by molar-refractivity contribution is 5.92. The maximum absolute atomic E-state index is 12.0. The van der Waals surface area contributed by atoms with Crippen molar-refractivity contribution < 1.29 is 9.53 Å². The van der Waals surface area contributed by atoms with Gasteiger partial charge in [0.2, 0.25) is 5.43 Å². The van der Waals surface area contributed by atoms with E-state index in [0.717, 1.165) is 0 Å². The molecule has 1 N–H and O–H groups in total. The van der Waals surface area contributed by atoms with Gasteiger partial charge < -0.3 is 10.1 Å². The number of hydrogen-bond donors (Lipinski definition) is 1. The number of nitrogens with zero attached hydrogens (tertiary/aromatic N) is 2. The summed E-state index contributed by atoms with van der Waals surface area (Å²) < 4.78 is 7.06. The molecule has 1 aliphatic rings. The minimum atomic E-state index is -0.490. The van der Waals surface area contributed by atoms with Crippen LogP contribution < -0.4 is 15.5 Å². The van der Waals surface area contributed by atoms with Crippen LogP contribution in [0.25, 0.3) is 5.69 Å². The smallest absolute Gasteiger partial charge is 0.276 e. The topological polar surface area (TPSA) is 73.2 Å². The van der Waals surface area contributed by atoms with Crippen LogP contribution in [0.4, 0.5) is 0 Å². The second kappa shape index (κ2) is 5.62. The van der Waals surface area contributed by atoms with Crippen molar-refractivity contribution in [3.8, 4) is 11.4 Å². The first-order valence-corrected chi connectivity index (χ1v) is 6.50. The van der Waals surface area contributed by atoms with E-state index in [1.165, 1.54) is 16.9 Å². The maximum atomic E-state index is 12.0. The summed E-state index contributed by atoms with van der Waals surface area (Å²) in [6.07, 6.45) is 5.09. The fraction of sp³-hybridized carbons (Fsp3) is 0.133. The Bertz CT molecular complexity index is 765. The van der Waals surface area contributed by atoms with Crippen molar-refractivity contribution in [3.05, 3.63) is 64.6 Å². The van der Waals surface area contributed by atoms with Crippen LogP contribution in [0.1, 0.15) is 10.5 Å². The van der Waals surface area contributed by atoms with Crippen LogP contribution in [0, 0.1) is 0 Å². The fourth-order valence-corrected chi connectivity index (χ4v) is 1.96. The van der Waals surface area contributed by atoms with E-state index < -0.39 is 11.3 Å². The van der Waals surface area contributed by atoms with Crippen LogP contribution >= 0.6 is 0 Å². The van der Waals surface area contributed by atoms with E-state index in [1.807, 2.05) is 18.2 Å². The Morgan fingerprint density at radius 2 is 2.10 bits per heavy atom. The van der Waals surface area contributed by atoms with Crippen molar-refractivity contribution in [3.63, 3.8) is 0 Å². The first-order valence-electron chi connectivity index (χ1n) is 6.50. The van der Waals surface area contributed by atoms with Gasteiger partial charge in [0.25, 0.3) is 5.91 Å². The van der Waals surface area contributed by atoms with E-state index in [4.69, 9.17) is 4.74 Å². The molecule has 1 amide bonds. The average molecular weight is 283 g/mol. The third-order valence-corrected chi connectivity index (χ3v) is 3.00. The van der Waals surface area contributed by atoms with Crippen molar-refractivity contribution in [1.29, 1.82) is 0 Å². The quantitative estimate of drug-likeness (QED) is 0.729. The Labute approximate surface area is 120 Å². The normalized spacial score (nSPS) is 15.7. The molecule has 0 spiro atoms. The van der Waals surface area contributed by atoms with Crippen LogP contribution in [0.3, 0.4) is 0 Å². The summed E-state index contributed by atoms with van der Waals surface area (Å²) >= 11 is 0. The number of rotatable bonds is 0. The lowest BCUT2D eigenvalue weighted by atomic mass is 10.3. The summed E-state index contributed by atoms with van der Waals surface area (Å²) in [6, 6.07) is 8.61. The highest BCUT2D eigenvalue weighted by atomic mass is 16.5. The van der Waals surface area contributed by atoms with Gasteiger partial charge in [-0.25, -0.2) is 4.68 Å². The molecule has 0 fully saturated rings. The predicted octanol–water partition coefficient (Wildman–Crippen LogP) is 0.911. The predicted molar refractivity (Wildman–Crippen MR) is 76.8 cm³/mol. The molecule has 1 aliphatic heterocycles. The molecule has 0 atom stereocenters. The lowest BCUT2D eigenvalue weighted by molar-refractivity contribution is 0.0950. The maximum Gasteiger partial charge on any atom is 0.276 e. The average Bonchev–Trinajstić information content (AvgIpc) is 2.51. The monoisotopic (exact) mass is 283 g/mol. The standard InChI is InChI=1S/C15H13N3O3/c19-13-6-8-18-11-4-3-5-12(10-11)21-9-2-1-7-16-15(20)14(13)17-18/h1-6,8,10H,7,9H2,(H,16,20)/b2-1-. The van der Waals surface area contributed by atoms with Gasteiger partial charge >= 0.3 is 0 Å². The van der Waals surface area contributed by atoms with Gasteiger partial charge in [-0.2, -0.15) is 5.10 Å². The van der Waals surface area contributed by atoms with Gasteiger partial charge in [-0.15, -0.1) is 0 Å². The Morgan fingerprint density at radius 1 is 1.19 bits per heavy atom. The molecule has 106 valence electrons. The summed E-state index contributed by atoms with van der Waals surface area (Å²) in [5.41, 5.74) is 0.177. The summed E-state index contributed by atoms with van der Waals surface area (Å²) in [7, 11) is 0. The van der Waals surface area contributed by atoms with Crippen LogP contribution in [-0.4, -0.2) is 28.8 Å². The van der Waals surface area contributed by atoms with E-state index >= 15 is 0 Å². The van der Waals surface area contributed by atoms with Crippen molar-refractivity contribution in [1.82, 2.24) is 15.1 Å². The second-order valence-corrected chi connectivity index (χ2v) is 4.46. The highest BCUT2D eigenvalue weighted by Gasteiger charge is 2.12. The summed E-state index contributed by atoms with van der Waals surface area (Å²) in [6.45, 7) is 0.720. The summed E-state index contributed by atoms with van der Waals surface area (Å²) in [5, 5.41) is 6.72. The minimum Gasteiger partial charge on any atom is -0.489 e. The molecule has 0 saturated heterocycles. The van der Waals surface area contributed by atoms with Crippen molar-refractivity contribution >= 4 is 5.91 Å². The lowest BCUT2D eigenvalue weighted by Gasteiger charge is -2.09. The molecule has 6 heteroatoms. The Hall–Kier alpha value is -2.89. The zero-order chi connectivity index (χ0) is 14.7. The Morgan fingerprint density at radius 3 is 3.00 bits per heavy atom. The number of aromatic nitrogens is 2. The third kappa shape index (κ3) is 2.84. The lowest BCUT2D eigenvalue weighted by Crippen LogP contribution is -2.31. The van der Waals surface area contributed by atoms with E-state index in [2.05, 4.69) is 10.4 Å². The van der Waals surface area contributed by atoms with Gasteiger partial charge in [0.15, 0.2) is 5.69 Å². The van der Waals surface area contributed by atoms with E-state index in [1.54, 1.807) is 18.2 Å². The molecule has 0 saturated carbocycles. The molecule has 1 aromatic carbocycles. The number of carbonyl (C=O) groups excluding carboxylic acids is 1. The molecule has 0 radical (unpaired) electrons. The van der Waals surface area contributed by atoms with Gasteiger partial charge in [0.05, 0.1) is 5.69 Å². The molecule has 1 aromatic heterocycles. The molecule has 0 aliphatic carbocycles. The molecule has 2 heterocycles. The highest BCUT2D eigenvalue weighted by Crippen LogP contribution is 2.16. The summed E-state index contributed by atoms with van der Waals surface area (Å²) in [4.78, 5) is 23.7. The van der Waals surface area contributed by atoms with E-state index in [0.29, 0.717) is 24.6 Å². The first-order chi connectivity index (χ1) is 10.2. The number of hydrogen-bond acceptors (Lipinski definition) is 4. The largest absolute Gasteiger partial charge is 0.489 e. The molecule has 0 unspecified atom stereocenters. The number of carbonyl (C=O) groups is 1. The molecule has 6 nitrogen and oxygen atoms in total. The Kier molecular flexibility index (Phi) is 3.51. The second-order valence-electron chi connectivity index (χ2n) is 4.46. The van der Waals surface area contributed by atoms with E-state index in [9.17, 15) is 9.59 Å². The van der Waals surface area contributed by atoms with Crippen LogP contribution in [0.2, 0.25) is 0 Å². The van der Waals surface area contributed by atoms with Gasteiger partial charge in [-0.1, -0.05) is 12.1 Å². The SMILES string of the molecule is O=C1NC/C=C\COc2cccc(c2)-n2ccc(=O)c1n2. The third-order valence-electron chi connectivity index (χ3n) is 3.00. The zero-order valence-electron chi connectivity index (χ0n) is 11.2. The van der Waals surface area contributed by atoms with E-state index in [-0.39, 0.29) is 5.69 Å². The molecular weight excluding hydrogens is 270 g/mol. The fourth-order valence-electron chi connectivity index (χ4n) is 1.96. The number of nitrogens with one attached hydrogen (secondary N) is 1. The van der Waals surface area contributed by atoms with Gasteiger partial charge in [-0.05, 0) is 18.2 Å². The van der Waals surface area contributed by atoms with Gasteiger partial charge in [0.1, 0.15) is 12.4 Å². The van der Waals surface area contributed by atoms with Crippen LogP contribution in [-0.2, 0) is 0 Å². The molecule has 21 heavy (non-hydrogen) atoms. The van der Waals surface area contributed by atoms with Crippen molar-refractivity contribution in [2.45, 2.75) is 0 Å². The molecule has 3 rings (SSSR count). The van der Waals surface area contributed by atoms with Crippen LogP contribution in [0.5, 0.6) is 5.75 Å². The first kappa shape index (κ1) is 13.1. The Balaban J connectivity index is 2.12. The number of benzene rings is 1. The summed E-state index contributed by atoms with van der Waals surface area (Å²) in [5.74, 6) is 0.202. The van der Waals surface area contributed by atoms with Gasteiger partial charge in [0, 0.05) is 24.9 Å². The van der Waals surface area contributed by atoms with Crippen molar-refractivity contribution in [2.75, 3.05) is 13.2 Å². The van der Waals surface area contributed by atoms with Crippen molar-refractivity contribution in [2.24, 2.45) is 0 Å². The molecule has 4 bridgehead atoms. The number of ether oxygens (including phenoxy) is 1. The number of fused-ring (bicyclic) bond motifs is 5. The molecule has 2 aromatic rings. The zero-order valence-corrected chi connectivity index (χ0v) is 11.2. The number of amides is 1. The minimum absolute atomic E-state index is 0.128. The van der Waals surface area contributed by atoms with Crippen LogP contribution in [0.15, 0.2) is 53.5 Å².